The molecule has 9 heteroatoms. The van der Waals surface area contributed by atoms with Gasteiger partial charge in [-0.25, -0.2) is 13.4 Å². The number of aromatic nitrogens is 1. The number of piperidine rings is 1. The Hall–Kier alpha value is -0.930. The lowest BCUT2D eigenvalue weighted by Gasteiger charge is -2.37. The molecule has 2 fully saturated rings. The molecule has 0 amide bonds. The lowest BCUT2D eigenvalue weighted by Crippen LogP contribution is -2.52. The van der Waals surface area contributed by atoms with Crippen LogP contribution in [0.1, 0.15) is 32.6 Å². The van der Waals surface area contributed by atoms with Crippen LogP contribution in [0.2, 0.25) is 0 Å². The number of piperazine rings is 1. The standard InChI is InChI=1S/C17H29N5O2S.ClH/c1-2-7-19-21-13-11-20(12-14-21)16-6-8-18-15-17(16)25(23,24)22-9-4-3-5-10-22;/h6,8,15,19H,2-5,7,9-14H2,1H3;1H. The Morgan fingerprint density at radius 1 is 1.08 bits per heavy atom. The minimum absolute atomic E-state index is 0. The van der Waals surface area contributed by atoms with Gasteiger partial charge in [0, 0.05) is 58.2 Å². The van der Waals surface area contributed by atoms with E-state index in [4.69, 9.17) is 0 Å². The molecule has 0 bridgehead atoms. The van der Waals surface area contributed by atoms with Crippen molar-refractivity contribution in [2.24, 2.45) is 0 Å². The highest BCUT2D eigenvalue weighted by Gasteiger charge is 2.30. The van der Waals surface area contributed by atoms with Crippen LogP contribution in [-0.2, 0) is 10.0 Å². The fourth-order valence-electron chi connectivity index (χ4n) is 3.45. The minimum atomic E-state index is -3.47. The highest BCUT2D eigenvalue weighted by Crippen LogP contribution is 2.29. The number of hydrogen-bond acceptors (Lipinski definition) is 6. The van der Waals surface area contributed by atoms with Crippen LogP contribution in [0.25, 0.3) is 0 Å². The highest BCUT2D eigenvalue weighted by molar-refractivity contribution is 7.89. The van der Waals surface area contributed by atoms with Crippen molar-refractivity contribution in [1.29, 1.82) is 0 Å². The fraction of sp³-hybridized carbons (Fsp3) is 0.706. The second-order valence-corrected chi connectivity index (χ2v) is 8.60. The van der Waals surface area contributed by atoms with Gasteiger partial charge >= 0.3 is 0 Å². The summed E-state index contributed by atoms with van der Waals surface area (Å²) in [5, 5.41) is 2.22. The summed E-state index contributed by atoms with van der Waals surface area (Å²) in [5.74, 6) is 0. The first-order valence-corrected chi connectivity index (χ1v) is 10.7. The maximum atomic E-state index is 13.1. The topological polar surface area (TPSA) is 68.8 Å². The summed E-state index contributed by atoms with van der Waals surface area (Å²) in [5.41, 5.74) is 4.20. The van der Waals surface area contributed by atoms with E-state index in [1.807, 2.05) is 6.07 Å². The van der Waals surface area contributed by atoms with Gasteiger partial charge in [-0.3, -0.25) is 10.4 Å². The fourth-order valence-corrected chi connectivity index (χ4v) is 5.12. The molecular weight excluding hydrogens is 374 g/mol. The molecular formula is C17H30ClN5O2S. The summed E-state index contributed by atoms with van der Waals surface area (Å²) >= 11 is 0. The molecule has 0 aliphatic carbocycles. The molecule has 3 rings (SSSR count). The molecule has 2 aliphatic rings. The second kappa shape index (κ2) is 9.85. The number of rotatable bonds is 6. The van der Waals surface area contributed by atoms with Gasteiger partial charge in [-0.2, -0.15) is 4.31 Å². The zero-order valence-electron chi connectivity index (χ0n) is 15.4. The summed E-state index contributed by atoms with van der Waals surface area (Å²) in [7, 11) is -3.47. The van der Waals surface area contributed by atoms with Crippen molar-refractivity contribution >= 4 is 28.1 Å². The molecule has 0 unspecified atom stereocenters. The van der Waals surface area contributed by atoms with Gasteiger partial charge in [-0.15, -0.1) is 12.4 Å². The molecule has 148 valence electrons. The van der Waals surface area contributed by atoms with E-state index in [1.165, 1.54) is 6.20 Å². The van der Waals surface area contributed by atoms with Crippen LogP contribution in [-0.4, -0.2) is 68.5 Å². The summed E-state index contributed by atoms with van der Waals surface area (Å²) < 4.78 is 27.8. The minimum Gasteiger partial charge on any atom is -0.368 e. The van der Waals surface area contributed by atoms with Gasteiger partial charge in [0.2, 0.25) is 10.0 Å². The molecule has 1 aromatic heterocycles. The molecule has 2 saturated heterocycles. The van der Waals surface area contributed by atoms with Crippen LogP contribution in [0.5, 0.6) is 0 Å². The monoisotopic (exact) mass is 403 g/mol. The number of pyridine rings is 1. The summed E-state index contributed by atoms with van der Waals surface area (Å²) in [6, 6.07) is 1.84. The normalized spacial score (nSPS) is 20.0. The Morgan fingerprint density at radius 3 is 2.42 bits per heavy atom. The number of anilines is 1. The smallest absolute Gasteiger partial charge is 0.246 e. The zero-order valence-corrected chi connectivity index (χ0v) is 17.1. The Balaban J connectivity index is 0.00000243. The SMILES string of the molecule is CCCNN1CCN(c2ccncc2S(=O)(=O)N2CCCCC2)CC1.Cl. The van der Waals surface area contributed by atoms with Crippen molar-refractivity contribution in [1.82, 2.24) is 19.7 Å². The quantitative estimate of drug-likeness (QED) is 0.779. The third kappa shape index (κ3) is 4.86. The van der Waals surface area contributed by atoms with Crippen LogP contribution in [0, 0.1) is 0 Å². The number of halogens is 1. The molecule has 1 aromatic rings. The predicted molar refractivity (Wildman–Crippen MR) is 106 cm³/mol. The third-order valence-corrected chi connectivity index (χ3v) is 6.82. The van der Waals surface area contributed by atoms with E-state index < -0.39 is 10.0 Å². The maximum absolute atomic E-state index is 13.1. The molecule has 0 saturated carbocycles. The average molecular weight is 404 g/mol. The molecule has 0 atom stereocenters. The molecule has 0 radical (unpaired) electrons. The number of nitrogens with one attached hydrogen (secondary N) is 1. The van der Waals surface area contributed by atoms with E-state index >= 15 is 0 Å². The van der Waals surface area contributed by atoms with Crippen molar-refractivity contribution in [2.45, 2.75) is 37.5 Å². The summed E-state index contributed by atoms with van der Waals surface area (Å²) in [6.45, 7) is 7.74. The van der Waals surface area contributed by atoms with Gasteiger partial charge in [0.25, 0.3) is 0 Å². The Bertz CT molecular complexity index is 659. The van der Waals surface area contributed by atoms with Gasteiger partial charge in [-0.05, 0) is 25.3 Å². The summed E-state index contributed by atoms with van der Waals surface area (Å²) in [6.07, 6.45) is 7.29. The van der Waals surface area contributed by atoms with Crippen LogP contribution in [0.3, 0.4) is 0 Å². The van der Waals surface area contributed by atoms with Crippen LogP contribution in [0.15, 0.2) is 23.4 Å². The molecule has 0 aromatic carbocycles. The van der Waals surface area contributed by atoms with Gasteiger partial charge in [0.15, 0.2) is 0 Å². The first kappa shape index (κ1) is 21.4. The maximum Gasteiger partial charge on any atom is 0.246 e. The molecule has 1 N–H and O–H groups in total. The van der Waals surface area contributed by atoms with Crippen molar-refractivity contribution in [3.05, 3.63) is 18.5 Å². The Kier molecular flexibility index (Phi) is 8.09. The van der Waals surface area contributed by atoms with Crippen molar-refractivity contribution < 1.29 is 8.42 Å². The predicted octanol–water partition coefficient (Wildman–Crippen LogP) is 1.71. The highest BCUT2D eigenvalue weighted by atomic mass is 35.5. The molecule has 3 heterocycles. The Morgan fingerprint density at radius 2 is 1.77 bits per heavy atom. The van der Waals surface area contributed by atoms with Gasteiger partial charge in [0.1, 0.15) is 4.90 Å². The first-order chi connectivity index (χ1) is 12.1. The third-order valence-electron chi connectivity index (χ3n) is 4.90. The van der Waals surface area contributed by atoms with E-state index in [1.54, 1.807) is 10.5 Å². The van der Waals surface area contributed by atoms with E-state index in [2.05, 4.69) is 27.2 Å². The number of hydrogen-bond donors (Lipinski definition) is 1. The van der Waals surface area contributed by atoms with Crippen molar-refractivity contribution in [3.63, 3.8) is 0 Å². The van der Waals surface area contributed by atoms with Gasteiger partial charge < -0.3 is 4.90 Å². The zero-order chi connectivity index (χ0) is 17.7. The lowest BCUT2D eigenvalue weighted by atomic mass is 10.2. The molecule has 0 spiro atoms. The van der Waals surface area contributed by atoms with Crippen molar-refractivity contribution in [2.75, 3.05) is 50.7 Å². The molecule has 2 aliphatic heterocycles. The second-order valence-electron chi connectivity index (χ2n) is 6.69. The van der Waals surface area contributed by atoms with E-state index in [0.717, 1.165) is 64.1 Å². The van der Waals surface area contributed by atoms with E-state index in [-0.39, 0.29) is 12.4 Å². The number of nitrogens with zero attached hydrogens (tertiary/aromatic N) is 4. The lowest BCUT2D eigenvalue weighted by molar-refractivity contribution is 0.177. The summed E-state index contributed by atoms with van der Waals surface area (Å²) in [4.78, 5) is 6.62. The van der Waals surface area contributed by atoms with Crippen LogP contribution in [0.4, 0.5) is 5.69 Å². The average Bonchev–Trinajstić information content (AvgIpc) is 2.67. The first-order valence-electron chi connectivity index (χ1n) is 9.30. The van der Waals surface area contributed by atoms with Gasteiger partial charge in [-0.1, -0.05) is 13.3 Å². The molecule has 7 nitrogen and oxygen atoms in total. The van der Waals surface area contributed by atoms with Crippen molar-refractivity contribution in [3.8, 4) is 0 Å². The van der Waals surface area contributed by atoms with E-state index in [9.17, 15) is 8.42 Å². The van der Waals surface area contributed by atoms with Crippen LogP contribution < -0.4 is 10.3 Å². The van der Waals surface area contributed by atoms with Crippen LogP contribution >= 0.6 is 12.4 Å². The van der Waals surface area contributed by atoms with E-state index in [0.29, 0.717) is 18.0 Å². The van der Waals surface area contributed by atoms with Gasteiger partial charge in [0.05, 0.1) is 5.69 Å². The number of hydrazine groups is 1. The Labute approximate surface area is 163 Å². The number of sulfonamides is 1. The molecule has 26 heavy (non-hydrogen) atoms. The largest absolute Gasteiger partial charge is 0.368 e.